The Kier molecular flexibility index (Phi) is 7.42. The number of carboxylic acid groups (broad SMARTS) is 1. The lowest BCUT2D eigenvalue weighted by Crippen LogP contribution is -2.00. The van der Waals surface area contributed by atoms with E-state index in [2.05, 4.69) is 27.7 Å². The molecule has 0 aliphatic heterocycles. The zero-order valence-electron chi connectivity index (χ0n) is 10.6. The molecule has 0 heterocycles. The summed E-state index contributed by atoms with van der Waals surface area (Å²) in [5.41, 5.74) is 1.84. The molecular weight excluding hydrogens is 176 g/mol. The summed E-state index contributed by atoms with van der Waals surface area (Å²) in [4.78, 5) is 10.1. The van der Waals surface area contributed by atoms with E-state index in [1.165, 1.54) is 6.42 Å². The third kappa shape index (κ3) is 11.2. The second-order valence-electron chi connectivity index (χ2n) is 4.84. The lowest BCUT2D eigenvalue weighted by atomic mass is 9.94. The molecule has 0 fully saturated rings. The van der Waals surface area contributed by atoms with E-state index in [9.17, 15) is 4.79 Å². The summed E-state index contributed by atoms with van der Waals surface area (Å²) in [6.07, 6.45) is 1.27. The molecule has 14 heavy (non-hydrogen) atoms. The van der Waals surface area contributed by atoms with Crippen LogP contribution in [-0.4, -0.2) is 11.1 Å². The molecule has 2 nitrogen and oxygen atoms in total. The summed E-state index contributed by atoms with van der Waals surface area (Å²) < 4.78 is 0. The lowest BCUT2D eigenvalue weighted by Gasteiger charge is -2.12. The van der Waals surface area contributed by atoms with E-state index in [1.807, 2.05) is 0 Å². The number of allylic oxidation sites excluding steroid dienone is 1. The highest BCUT2D eigenvalue weighted by Gasteiger charge is 2.03. The molecule has 0 amide bonds. The van der Waals surface area contributed by atoms with E-state index in [-0.39, 0.29) is 0 Å². The van der Waals surface area contributed by atoms with Gasteiger partial charge >= 0.3 is 5.97 Å². The van der Waals surface area contributed by atoms with Crippen LogP contribution in [0, 0.1) is 5.41 Å². The van der Waals surface area contributed by atoms with Gasteiger partial charge < -0.3 is 5.11 Å². The molecule has 0 aromatic heterocycles. The maximum atomic E-state index is 10.1. The zero-order chi connectivity index (χ0) is 11.9. The van der Waals surface area contributed by atoms with Crippen LogP contribution in [-0.2, 0) is 4.79 Å². The Morgan fingerprint density at radius 2 is 1.43 bits per heavy atom. The number of carboxylic acids is 1. The van der Waals surface area contributed by atoms with Gasteiger partial charge in [0.05, 0.1) is 0 Å². The van der Waals surface area contributed by atoms with Crippen LogP contribution in [0.4, 0.5) is 0 Å². The molecule has 0 saturated heterocycles. The average Bonchev–Trinajstić information content (AvgIpc) is 2.02. The third-order valence-corrected chi connectivity index (χ3v) is 2.13. The van der Waals surface area contributed by atoms with Gasteiger partial charge in [-0.15, -0.1) is 0 Å². The molecule has 0 aliphatic rings. The largest absolute Gasteiger partial charge is 0.478 e. The second-order valence-corrected chi connectivity index (χ2v) is 4.84. The van der Waals surface area contributed by atoms with E-state index in [4.69, 9.17) is 5.11 Å². The molecular formula is C12H24O2. The van der Waals surface area contributed by atoms with Gasteiger partial charge in [-0.05, 0) is 26.2 Å². The Hall–Kier alpha value is -0.790. The fourth-order valence-electron chi connectivity index (χ4n) is 0.214. The van der Waals surface area contributed by atoms with E-state index < -0.39 is 5.97 Å². The number of aliphatic carboxylic acids is 1. The van der Waals surface area contributed by atoms with Gasteiger partial charge in [-0.25, -0.2) is 4.79 Å². The first-order chi connectivity index (χ1) is 6.11. The maximum Gasteiger partial charge on any atom is 0.331 e. The Bertz CT molecular complexity index is 203. The summed E-state index contributed by atoms with van der Waals surface area (Å²) in [5, 5.41) is 8.29. The van der Waals surface area contributed by atoms with Gasteiger partial charge in [0, 0.05) is 5.57 Å². The van der Waals surface area contributed by atoms with Crippen molar-refractivity contribution in [3.63, 3.8) is 0 Å². The number of rotatable bonds is 1. The summed E-state index contributed by atoms with van der Waals surface area (Å²) in [7, 11) is 0. The zero-order valence-corrected chi connectivity index (χ0v) is 10.6. The maximum absolute atomic E-state index is 10.1. The number of hydrogen-bond donors (Lipinski definition) is 1. The van der Waals surface area contributed by atoms with Gasteiger partial charge in [-0.3, -0.25) is 0 Å². The Balaban J connectivity index is 0. The summed E-state index contributed by atoms with van der Waals surface area (Å²) >= 11 is 0. The van der Waals surface area contributed by atoms with E-state index in [0.29, 0.717) is 11.0 Å². The molecule has 0 radical (unpaired) electrons. The van der Waals surface area contributed by atoms with Crippen molar-refractivity contribution >= 4 is 5.97 Å². The molecule has 0 saturated carbocycles. The summed E-state index contributed by atoms with van der Waals surface area (Å²) in [6, 6.07) is 0. The minimum absolute atomic E-state index is 0.435. The van der Waals surface area contributed by atoms with Crippen LogP contribution in [0.25, 0.3) is 0 Å². The van der Waals surface area contributed by atoms with Crippen LogP contribution in [0.2, 0.25) is 0 Å². The molecule has 2 heteroatoms. The third-order valence-electron chi connectivity index (χ3n) is 2.13. The normalized spacial score (nSPS) is 9.93. The average molecular weight is 200 g/mol. The minimum Gasteiger partial charge on any atom is -0.478 e. The van der Waals surface area contributed by atoms with Crippen molar-refractivity contribution in [2.75, 3.05) is 0 Å². The predicted molar refractivity (Wildman–Crippen MR) is 61.4 cm³/mol. The number of hydrogen-bond acceptors (Lipinski definition) is 1. The van der Waals surface area contributed by atoms with E-state index in [0.717, 1.165) is 5.57 Å². The first-order valence-corrected chi connectivity index (χ1v) is 4.99. The molecule has 0 atom stereocenters. The molecule has 0 rings (SSSR count). The van der Waals surface area contributed by atoms with Crippen molar-refractivity contribution in [3.8, 4) is 0 Å². The summed E-state index contributed by atoms with van der Waals surface area (Å²) in [6.45, 7) is 14.1. The smallest absolute Gasteiger partial charge is 0.331 e. The molecule has 0 aromatic rings. The highest BCUT2D eigenvalue weighted by Crippen LogP contribution is 2.16. The topological polar surface area (TPSA) is 37.3 Å². The van der Waals surface area contributed by atoms with Gasteiger partial charge in [0.25, 0.3) is 0 Å². The Morgan fingerprint density at radius 1 is 1.14 bits per heavy atom. The monoisotopic (exact) mass is 200 g/mol. The van der Waals surface area contributed by atoms with Crippen molar-refractivity contribution in [2.45, 2.75) is 54.9 Å². The number of carbonyl (C=O) groups is 1. The van der Waals surface area contributed by atoms with Gasteiger partial charge in [0.2, 0.25) is 0 Å². The second kappa shape index (κ2) is 6.63. The standard InChI is InChI=1S/C6H10O2.C6H14/c1-4(2)5(3)6(7)8;1-5-6(2,3)4/h1-3H3,(H,7,8);5H2,1-4H3. The first-order valence-electron chi connectivity index (χ1n) is 4.99. The van der Waals surface area contributed by atoms with Crippen LogP contribution in [0.1, 0.15) is 54.9 Å². The molecule has 0 bridgehead atoms. The molecule has 0 spiro atoms. The Morgan fingerprint density at radius 3 is 1.43 bits per heavy atom. The van der Waals surface area contributed by atoms with Gasteiger partial charge in [0.1, 0.15) is 0 Å². The molecule has 84 valence electrons. The fraction of sp³-hybridized carbons (Fsp3) is 0.750. The van der Waals surface area contributed by atoms with Crippen LogP contribution in [0.5, 0.6) is 0 Å². The highest BCUT2D eigenvalue weighted by molar-refractivity contribution is 5.86. The van der Waals surface area contributed by atoms with Gasteiger partial charge in [0.15, 0.2) is 0 Å². The molecule has 0 unspecified atom stereocenters. The van der Waals surface area contributed by atoms with Crippen LogP contribution in [0.3, 0.4) is 0 Å². The minimum atomic E-state index is -0.829. The van der Waals surface area contributed by atoms with Gasteiger partial charge in [-0.1, -0.05) is 39.7 Å². The van der Waals surface area contributed by atoms with E-state index in [1.54, 1.807) is 20.8 Å². The quantitative estimate of drug-likeness (QED) is 0.652. The first kappa shape index (κ1) is 15.7. The van der Waals surface area contributed by atoms with E-state index >= 15 is 0 Å². The van der Waals surface area contributed by atoms with Gasteiger partial charge in [-0.2, -0.15) is 0 Å². The van der Waals surface area contributed by atoms with Crippen LogP contribution < -0.4 is 0 Å². The van der Waals surface area contributed by atoms with Crippen molar-refractivity contribution < 1.29 is 9.90 Å². The highest BCUT2D eigenvalue weighted by atomic mass is 16.4. The Labute approximate surface area is 88.0 Å². The van der Waals surface area contributed by atoms with Crippen molar-refractivity contribution in [1.29, 1.82) is 0 Å². The molecule has 0 aromatic carbocycles. The van der Waals surface area contributed by atoms with Crippen molar-refractivity contribution in [1.82, 2.24) is 0 Å². The van der Waals surface area contributed by atoms with Crippen LogP contribution >= 0.6 is 0 Å². The lowest BCUT2D eigenvalue weighted by molar-refractivity contribution is -0.132. The SMILES string of the molecule is CC(C)=C(C)C(=O)O.CCC(C)(C)C. The van der Waals surface area contributed by atoms with Crippen LogP contribution in [0.15, 0.2) is 11.1 Å². The summed E-state index contributed by atoms with van der Waals surface area (Å²) in [5.74, 6) is -0.829. The van der Waals surface area contributed by atoms with Crippen molar-refractivity contribution in [2.24, 2.45) is 5.41 Å². The molecule has 0 aliphatic carbocycles. The molecule has 1 N–H and O–H groups in total. The van der Waals surface area contributed by atoms with Crippen molar-refractivity contribution in [3.05, 3.63) is 11.1 Å². The predicted octanol–water partition coefficient (Wildman–Crippen LogP) is 3.87. The fourth-order valence-corrected chi connectivity index (χ4v) is 0.214.